The zero-order chi connectivity index (χ0) is 21.1. The van der Waals surface area contributed by atoms with E-state index in [2.05, 4.69) is 62.1 Å². The fraction of sp³-hybridized carbons (Fsp3) is 0.409. The molecular formula is C22H28N6OS. The van der Waals surface area contributed by atoms with E-state index in [1.807, 2.05) is 19.2 Å². The van der Waals surface area contributed by atoms with E-state index >= 15 is 0 Å². The predicted molar refractivity (Wildman–Crippen MR) is 123 cm³/mol. The van der Waals surface area contributed by atoms with E-state index in [-0.39, 0.29) is 6.61 Å². The first-order valence-corrected chi connectivity index (χ1v) is 11.1. The van der Waals surface area contributed by atoms with Gasteiger partial charge in [0.25, 0.3) is 0 Å². The highest BCUT2D eigenvalue weighted by Crippen LogP contribution is 2.34. The molecule has 1 aromatic carbocycles. The first-order valence-electron chi connectivity index (χ1n) is 10.3. The number of benzene rings is 1. The molecule has 0 unspecified atom stereocenters. The maximum atomic E-state index is 9.13. The molecule has 0 amide bonds. The van der Waals surface area contributed by atoms with Crippen LogP contribution < -0.4 is 10.2 Å². The number of hydrogen-bond acceptors (Lipinski definition) is 8. The van der Waals surface area contributed by atoms with Crippen molar-refractivity contribution in [1.82, 2.24) is 19.9 Å². The number of anilines is 3. The largest absolute Gasteiger partial charge is 0.395 e. The van der Waals surface area contributed by atoms with Gasteiger partial charge in [-0.15, -0.1) is 0 Å². The van der Waals surface area contributed by atoms with E-state index in [0.717, 1.165) is 60.2 Å². The Hall–Kier alpha value is -2.55. The second-order valence-electron chi connectivity index (χ2n) is 7.63. The zero-order valence-corrected chi connectivity index (χ0v) is 18.5. The number of aryl methyl sites for hydroxylation is 3. The predicted octanol–water partition coefficient (Wildman–Crippen LogP) is 3.38. The van der Waals surface area contributed by atoms with Gasteiger partial charge in [-0.05, 0) is 37.5 Å². The zero-order valence-electron chi connectivity index (χ0n) is 17.7. The summed E-state index contributed by atoms with van der Waals surface area (Å²) in [4.78, 5) is 19.5. The summed E-state index contributed by atoms with van der Waals surface area (Å²) in [6, 6.07) is 8.35. The highest BCUT2D eigenvalue weighted by atomic mass is 32.1. The summed E-state index contributed by atoms with van der Waals surface area (Å²) in [5.74, 6) is 2.43. The van der Waals surface area contributed by atoms with Gasteiger partial charge in [0.05, 0.1) is 11.5 Å². The molecule has 1 fully saturated rings. The molecule has 0 saturated carbocycles. The van der Waals surface area contributed by atoms with Crippen LogP contribution in [-0.2, 0) is 0 Å². The Morgan fingerprint density at radius 1 is 1.07 bits per heavy atom. The fourth-order valence-corrected chi connectivity index (χ4v) is 4.88. The number of thiazole rings is 1. The Balaban J connectivity index is 1.50. The molecule has 0 spiro atoms. The molecular weight excluding hydrogens is 396 g/mol. The number of nitrogens with one attached hydrogen (secondary N) is 1. The van der Waals surface area contributed by atoms with Gasteiger partial charge < -0.3 is 15.3 Å². The number of aromatic nitrogens is 3. The lowest BCUT2D eigenvalue weighted by Crippen LogP contribution is -2.47. The van der Waals surface area contributed by atoms with E-state index in [1.54, 1.807) is 11.3 Å². The summed E-state index contributed by atoms with van der Waals surface area (Å²) in [5, 5.41) is 13.3. The van der Waals surface area contributed by atoms with Crippen LogP contribution in [0.1, 0.15) is 17.0 Å². The third-order valence-corrected chi connectivity index (χ3v) is 6.34. The molecule has 7 nitrogen and oxygen atoms in total. The average Bonchev–Trinajstić information content (AvgIpc) is 3.16. The number of hydrogen-bond donors (Lipinski definition) is 2. The standard InChI is InChI=1S/C22H28N6OS/c1-15-5-4-6-16(2)21(15)18-14-23-22(30-18)26-19-13-20(25-17(3)24-19)28-9-7-27(8-10-28)11-12-29/h4-6,13-14,29H,7-12H2,1-3H3,(H,23,24,25,26). The smallest absolute Gasteiger partial charge is 0.188 e. The Labute approximate surface area is 181 Å². The van der Waals surface area contributed by atoms with Crippen molar-refractivity contribution in [3.63, 3.8) is 0 Å². The molecule has 158 valence electrons. The molecule has 1 saturated heterocycles. The Bertz CT molecular complexity index is 992. The van der Waals surface area contributed by atoms with E-state index in [9.17, 15) is 0 Å². The number of β-amino-alcohol motifs (C(OH)–C–C–N with tert-alkyl or cyclic N) is 1. The minimum absolute atomic E-state index is 0.207. The van der Waals surface area contributed by atoms with Crippen molar-refractivity contribution in [1.29, 1.82) is 0 Å². The lowest BCUT2D eigenvalue weighted by atomic mass is 10.0. The molecule has 30 heavy (non-hydrogen) atoms. The van der Waals surface area contributed by atoms with Gasteiger partial charge in [-0.25, -0.2) is 15.0 Å². The van der Waals surface area contributed by atoms with Gasteiger partial charge in [0.1, 0.15) is 17.5 Å². The number of aliphatic hydroxyl groups excluding tert-OH is 1. The molecule has 2 aromatic heterocycles. The second-order valence-corrected chi connectivity index (χ2v) is 8.66. The van der Waals surface area contributed by atoms with Crippen molar-refractivity contribution in [2.24, 2.45) is 0 Å². The first kappa shape index (κ1) is 20.7. The number of nitrogens with zero attached hydrogens (tertiary/aromatic N) is 5. The second kappa shape index (κ2) is 9.07. The fourth-order valence-electron chi connectivity index (χ4n) is 3.88. The van der Waals surface area contributed by atoms with Crippen molar-refractivity contribution in [3.05, 3.63) is 47.4 Å². The summed E-state index contributed by atoms with van der Waals surface area (Å²) < 4.78 is 0. The van der Waals surface area contributed by atoms with Crippen LogP contribution >= 0.6 is 11.3 Å². The molecule has 1 aliphatic heterocycles. The molecule has 0 bridgehead atoms. The monoisotopic (exact) mass is 424 g/mol. The van der Waals surface area contributed by atoms with Crippen molar-refractivity contribution in [2.45, 2.75) is 20.8 Å². The van der Waals surface area contributed by atoms with Crippen LogP contribution in [0.4, 0.5) is 16.8 Å². The van der Waals surface area contributed by atoms with Gasteiger partial charge in [-0.2, -0.15) is 0 Å². The quantitative estimate of drug-likeness (QED) is 0.628. The number of piperazine rings is 1. The minimum atomic E-state index is 0.207. The molecule has 0 radical (unpaired) electrons. The molecule has 3 heterocycles. The summed E-state index contributed by atoms with van der Waals surface area (Å²) in [6.07, 6.45) is 1.93. The molecule has 0 aliphatic carbocycles. The minimum Gasteiger partial charge on any atom is -0.395 e. The van der Waals surface area contributed by atoms with Gasteiger partial charge in [-0.3, -0.25) is 4.90 Å². The molecule has 1 aliphatic rings. The van der Waals surface area contributed by atoms with Gasteiger partial charge in [0.2, 0.25) is 0 Å². The molecule has 8 heteroatoms. The number of aliphatic hydroxyl groups is 1. The Kier molecular flexibility index (Phi) is 6.26. The maximum Gasteiger partial charge on any atom is 0.188 e. The molecule has 4 rings (SSSR count). The van der Waals surface area contributed by atoms with Crippen LogP contribution in [0.25, 0.3) is 10.4 Å². The summed E-state index contributed by atoms with van der Waals surface area (Å²) >= 11 is 1.64. The maximum absolute atomic E-state index is 9.13. The lowest BCUT2D eigenvalue weighted by molar-refractivity contribution is 0.188. The molecule has 0 atom stereocenters. The number of rotatable bonds is 6. The van der Waals surface area contributed by atoms with E-state index < -0.39 is 0 Å². The van der Waals surface area contributed by atoms with Crippen molar-refractivity contribution in [3.8, 4) is 10.4 Å². The molecule has 3 aromatic rings. The first-order chi connectivity index (χ1) is 14.5. The van der Waals surface area contributed by atoms with Crippen molar-refractivity contribution < 1.29 is 5.11 Å². The summed E-state index contributed by atoms with van der Waals surface area (Å²) in [5.41, 5.74) is 3.76. The Morgan fingerprint density at radius 2 is 1.80 bits per heavy atom. The topological polar surface area (TPSA) is 77.4 Å². The van der Waals surface area contributed by atoms with Crippen molar-refractivity contribution >= 4 is 28.1 Å². The SMILES string of the molecule is Cc1nc(Nc2ncc(-c3c(C)cccc3C)s2)cc(N2CCN(CCO)CC2)n1. The van der Waals surface area contributed by atoms with Crippen LogP contribution in [0.5, 0.6) is 0 Å². The van der Waals surface area contributed by atoms with E-state index in [4.69, 9.17) is 5.11 Å². The summed E-state index contributed by atoms with van der Waals surface area (Å²) in [6.45, 7) is 10.8. The van der Waals surface area contributed by atoms with Crippen molar-refractivity contribution in [2.75, 3.05) is 49.5 Å². The van der Waals surface area contributed by atoms with Crippen LogP contribution in [0.15, 0.2) is 30.5 Å². The third kappa shape index (κ3) is 4.61. The van der Waals surface area contributed by atoms with E-state index in [1.165, 1.54) is 16.7 Å². The average molecular weight is 425 g/mol. The van der Waals surface area contributed by atoms with Crippen LogP contribution in [0.3, 0.4) is 0 Å². The van der Waals surface area contributed by atoms with Gasteiger partial charge >= 0.3 is 0 Å². The van der Waals surface area contributed by atoms with Gasteiger partial charge in [0, 0.05) is 45.0 Å². The van der Waals surface area contributed by atoms with Gasteiger partial charge in [-0.1, -0.05) is 29.5 Å². The normalized spacial score (nSPS) is 14.9. The van der Waals surface area contributed by atoms with Crippen LogP contribution in [0, 0.1) is 20.8 Å². The van der Waals surface area contributed by atoms with E-state index in [0.29, 0.717) is 0 Å². The Morgan fingerprint density at radius 3 is 2.50 bits per heavy atom. The molecule has 2 N–H and O–H groups in total. The highest BCUT2D eigenvalue weighted by molar-refractivity contribution is 7.19. The highest BCUT2D eigenvalue weighted by Gasteiger charge is 2.19. The van der Waals surface area contributed by atoms with Crippen LogP contribution in [-0.4, -0.2) is 64.3 Å². The van der Waals surface area contributed by atoms with Gasteiger partial charge in [0.15, 0.2) is 5.13 Å². The third-order valence-electron chi connectivity index (χ3n) is 5.41. The lowest BCUT2D eigenvalue weighted by Gasteiger charge is -2.35. The summed E-state index contributed by atoms with van der Waals surface area (Å²) in [7, 11) is 0. The van der Waals surface area contributed by atoms with Crippen LogP contribution in [0.2, 0.25) is 0 Å².